The predicted molar refractivity (Wildman–Crippen MR) is 86.0 cm³/mol. The van der Waals surface area contributed by atoms with E-state index in [2.05, 4.69) is 10.2 Å². The van der Waals surface area contributed by atoms with Crippen LogP contribution in [0.2, 0.25) is 0 Å². The Kier molecular flexibility index (Phi) is 5.27. The van der Waals surface area contributed by atoms with E-state index < -0.39 is 23.7 Å². The first-order valence-electron chi connectivity index (χ1n) is 8.17. The van der Waals surface area contributed by atoms with Crippen molar-refractivity contribution in [3.8, 4) is 0 Å². The molecule has 1 amide bonds. The van der Waals surface area contributed by atoms with Crippen LogP contribution in [0.4, 0.5) is 0 Å². The molecule has 0 fully saturated rings. The molecular formula is C16H26N4O4. The van der Waals surface area contributed by atoms with E-state index in [1.54, 1.807) is 27.7 Å². The summed E-state index contributed by atoms with van der Waals surface area (Å²) in [6.45, 7) is 11.7. The zero-order valence-corrected chi connectivity index (χ0v) is 15.2. The Morgan fingerprint density at radius 1 is 1.33 bits per heavy atom. The fourth-order valence-electron chi connectivity index (χ4n) is 2.67. The Hall–Kier alpha value is -1.96. The normalized spacial score (nSPS) is 18.9. The molecule has 0 unspecified atom stereocenters. The molecule has 0 N–H and O–H groups in total. The molecule has 0 aliphatic carbocycles. The second-order valence-corrected chi connectivity index (χ2v) is 6.89. The summed E-state index contributed by atoms with van der Waals surface area (Å²) in [7, 11) is 0. The number of rotatable bonds is 4. The molecule has 0 saturated heterocycles. The van der Waals surface area contributed by atoms with Gasteiger partial charge in [0.1, 0.15) is 23.6 Å². The van der Waals surface area contributed by atoms with Crippen molar-refractivity contribution in [1.82, 2.24) is 19.7 Å². The first kappa shape index (κ1) is 18.4. The maximum Gasteiger partial charge on any atom is 0.331 e. The van der Waals surface area contributed by atoms with E-state index in [0.29, 0.717) is 18.3 Å². The number of aromatic nitrogens is 3. The maximum absolute atomic E-state index is 12.7. The van der Waals surface area contributed by atoms with Gasteiger partial charge in [-0.3, -0.25) is 4.79 Å². The number of carbonyl (C=O) groups excluding carboxylic acids is 2. The second-order valence-electron chi connectivity index (χ2n) is 6.89. The summed E-state index contributed by atoms with van der Waals surface area (Å²) in [5.74, 6) is 0.686. The summed E-state index contributed by atoms with van der Waals surface area (Å²) >= 11 is 0. The van der Waals surface area contributed by atoms with Crippen LogP contribution in [-0.4, -0.2) is 55.9 Å². The zero-order valence-electron chi connectivity index (χ0n) is 15.2. The molecule has 0 spiro atoms. The smallest absolute Gasteiger partial charge is 0.331 e. The Morgan fingerprint density at radius 3 is 2.58 bits per heavy atom. The highest BCUT2D eigenvalue weighted by atomic mass is 16.6. The van der Waals surface area contributed by atoms with E-state index in [4.69, 9.17) is 9.47 Å². The third-order valence-electron chi connectivity index (χ3n) is 3.78. The van der Waals surface area contributed by atoms with Gasteiger partial charge in [0.15, 0.2) is 5.82 Å². The number of amides is 1. The summed E-state index contributed by atoms with van der Waals surface area (Å²) in [6.07, 6.45) is -0.629. The summed E-state index contributed by atoms with van der Waals surface area (Å²) in [4.78, 5) is 26.8. The highest BCUT2D eigenvalue weighted by Crippen LogP contribution is 2.22. The molecule has 1 aromatic heterocycles. The van der Waals surface area contributed by atoms with E-state index in [9.17, 15) is 9.59 Å². The van der Waals surface area contributed by atoms with E-state index in [1.807, 2.05) is 18.4 Å². The molecule has 1 aliphatic rings. The Labute approximate surface area is 142 Å². The van der Waals surface area contributed by atoms with Crippen molar-refractivity contribution in [1.29, 1.82) is 0 Å². The van der Waals surface area contributed by atoms with Crippen molar-refractivity contribution in [3.05, 3.63) is 11.6 Å². The van der Waals surface area contributed by atoms with Gasteiger partial charge in [-0.1, -0.05) is 0 Å². The van der Waals surface area contributed by atoms with Crippen molar-refractivity contribution >= 4 is 11.9 Å². The van der Waals surface area contributed by atoms with Gasteiger partial charge in [-0.25, -0.2) is 4.79 Å². The third-order valence-corrected chi connectivity index (χ3v) is 3.78. The number of hydrogen-bond donors (Lipinski definition) is 0. The van der Waals surface area contributed by atoms with Crippen LogP contribution in [0.15, 0.2) is 0 Å². The van der Waals surface area contributed by atoms with Gasteiger partial charge >= 0.3 is 5.97 Å². The number of aryl methyl sites for hydroxylation is 1. The van der Waals surface area contributed by atoms with E-state index in [0.717, 1.165) is 0 Å². The molecule has 2 heterocycles. The standard InChI is InChI=1S/C16H26N4O4/c1-7-23-10(2)14(21)20-9-13-18-17-11(3)19(13)8-12(20)15(22)24-16(4,5)6/h10,12H,7-9H2,1-6H3/t10-,12+/m0/s1. The van der Waals surface area contributed by atoms with Crippen LogP contribution < -0.4 is 0 Å². The Bertz CT molecular complexity index is 620. The molecule has 1 aromatic rings. The lowest BCUT2D eigenvalue weighted by Crippen LogP contribution is -2.54. The monoisotopic (exact) mass is 338 g/mol. The van der Waals surface area contributed by atoms with Crippen molar-refractivity contribution in [3.63, 3.8) is 0 Å². The Balaban J connectivity index is 2.30. The lowest BCUT2D eigenvalue weighted by Gasteiger charge is -2.37. The molecular weight excluding hydrogens is 312 g/mol. The van der Waals surface area contributed by atoms with Crippen molar-refractivity contribution in [2.24, 2.45) is 0 Å². The lowest BCUT2D eigenvalue weighted by atomic mass is 10.1. The summed E-state index contributed by atoms with van der Waals surface area (Å²) in [5.41, 5.74) is -0.625. The first-order valence-corrected chi connectivity index (χ1v) is 8.17. The second kappa shape index (κ2) is 6.88. The lowest BCUT2D eigenvalue weighted by molar-refractivity contribution is -0.169. The summed E-state index contributed by atoms with van der Waals surface area (Å²) in [5, 5.41) is 8.12. The number of carbonyl (C=O) groups is 2. The molecule has 24 heavy (non-hydrogen) atoms. The van der Waals surface area contributed by atoms with Crippen LogP contribution in [-0.2, 0) is 32.2 Å². The molecule has 8 nitrogen and oxygen atoms in total. The largest absolute Gasteiger partial charge is 0.458 e. The van der Waals surface area contributed by atoms with Crippen LogP contribution in [0.25, 0.3) is 0 Å². The van der Waals surface area contributed by atoms with Gasteiger partial charge in [-0.15, -0.1) is 10.2 Å². The molecule has 2 rings (SSSR count). The van der Waals surface area contributed by atoms with Gasteiger partial charge in [0.05, 0.1) is 13.1 Å². The zero-order chi connectivity index (χ0) is 18.1. The van der Waals surface area contributed by atoms with Crippen LogP contribution in [0, 0.1) is 6.92 Å². The van der Waals surface area contributed by atoms with E-state index >= 15 is 0 Å². The summed E-state index contributed by atoms with van der Waals surface area (Å²) < 4.78 is 12.7. The van der Waals surface area contributed by atoms with Gasteiger partial charge in [0.2, 0.25) is 0 Å². The third kappa shape index (κ3) is 3.92. The average molecular weight is 338 g/mol. The van der Waals surface area contributed by atoms with E-state index in [1.165, 1.54) is 4.90 Å². The van der Waals surface area contributed by atoms with Gasteiger partial charge < -0.3 is 18.9 Å². The quantitative estimate of drug-likeness (QED) is 0.763. The molecule has 0 radical (unpaired) electrons. The molecule has 0 saturated carbocycles. The minimum atomic E-state index is -0.721. The van der Waals surface area contributed by atoms with Gasteiger partial charge in [0, 0.05) is 6.61 Å². The fraction of sp³-hybridized carbons (Fsp3) is 0.750. The van der Waals surface area contributed by atoms with Crippen LogP contribution in [0.3, 0.4) is 0 Å². The van der Waals surface area contributed by atoms with Gasteiger partial charge in [-0.05, 0) is 41.5 Å². The van der Waals surface area contributed by atoms with Crippen molar-refractivity contribution in [2.75, 3.05) is 6.61 Å². The number of hydrogen-bond acceptors (Lipinski definition) is 6. The number of fused-ring (bicyclic) bond motifs is 1. The first-order chi connectivity index (χ1) is 11.1. The Morgan fingerprint density at radius 2 is 2.00 bits per heavy atom. The molecule has 8 heteroatoms. The topological polar surface area (TPSA) is 86.5 Å². The van der Waals surface area contributed by atoms with Crippen LogP contribution in [0.1, 0.15) is 46.3 Å². The molecule has 2 atom stereocenters. The van der Waals surface area contributed by atoms with E-state index in [-0.39, 0.29) is 19.0 Å². The van der Waals surface area contributed by atoms with Crippen LogP contribution >= 0.6 is 0 Å². The molecule has 134 valence electrons. The van der Waals surface area contributed by atoms with Crippen molar-refractivity contribution in [2.45, 2.75) is 72.4 Å². The minimum Gasteiger partial charge on any atom is -0.458 e. The minimum absolute atomic E-state index is 0.209. The predicted octanol–water partition coefficient (Wildman–Crippen LogP) is 1.06. The molecule has 1 aliphatic heterocycles. The van der Waals surface area contributed by atoms with Gasteiger partial charge in [-0.2, -0.15) is 0 Å². The SMILES string of the molecule is CCO[C@@H](C)C(=O)N1Cc2nnc(C)n2C[C@@H]1C(=O)OC(C)(C)C. The molecule has 0 bridgehead atoms. The highest BCUT2D eigenvalue weighted by molar-refractivity contribution is 5.87. The number of ether oxygens (including phenoxy) is 2. The fourth-order valence-corrected chi connectivity index (χ4v) is 2.67. The maximum atomic E-state index is 12.7. The number of nitrogens with zero attached hydrogens (tertiary/aromatic N) is 4. The van der Waals surface area contributed by atoms with Gasteiger partial charge in [0.25, 0.3) is 5.91 Å². The highest BCUT2D eigenvalue weighted by Gasteiger charge is 2.40. The van der Waals surface area contributed by atoms with Crippen LogP contribution in [0.5, 0.6) is 0 Å². The molecule has 0 aromatic carbocycles. The summed E-state index contributed by atoms with van der Waals surface area (Å²) in [6, 6.07) is -0.721. The number of esters is 1. The average Bonchev–Trinajstić information content (AvgIpc) is 2.84. The van der Waals surface area contributed by atoms with Crippen molar-refractivity contribution < 1.29 is 19.1 Å².